The summed E-state index contributed by atoms with van der Waals surface area (Å²) in [6.45, 7) is 0. The smallest absolute Gasteiger partial charge is 0.273 e. The molecule has 0 bridgehead atoms. The van der Waals surface area contributed by atoms with Crippen molar-refractivity contribution in [3.05, 3.63) is 22.6 Å². The minimum absolute atomic E-state index is 0.0324. The van der Waals surface area contributed by atoms with Crippen LogP contribution in [0, 0.1) is 0 Å². The average Bonchev–Trinajstić information content (AvgIpc) is 2.13. The summed E-state index contributed by atoms with van der Waals surface area (Å²) in [6.07, 6.45) is 1.47. The van der Waals surface area contributed by atoms with Crippen LogP contribution in [-0.4, -0.2) is 14.9 Å². The van der Waals surface area contributed by atoms with Gasteiger partial charge in [0.05, 0.1) is 0 Å². The van der Waals surface area contributed by atoms with Crippen molar-refractivity contribution in [1.29, 1.82) is 0 Å². The normalized spacial score (nSPS) is 9.33. The lowest BCUT2D eigenvalue weighted by atomic mass is 10.7. The number of aromatic nitrogens is 2. The van der Waals surface area contributed by atoms with E-state index in [4.69, 9.17) is 5.73 Å². The second-order valence-electron chi connectivity index (χ2n) is 1.47. The fourth-order valence-electron chi connectivity index (χ4n) is 0.493. The number of aromatic amines is 1. The van der Waals surface area contributed by atoms with Crippen molar-refractivity contribution >= 4 is 17.3 Å². The largest absolute Gasteiger partial charge is 0.374 e. The molecule has 1 heterocycles. The van der Waals surface area contributed by atoms with Crippen molar-refractivity contribution < 1.29 is 0 Å². The number of nitrogens with one attached hydrogen (secondary N) is 1. The van der Waals surface area contributed by atoms with Gasteiger partial charge in [-0.2, -0.15) is 4.68 Å². The molecule has 0 spiro atoms. The monoisotopic (exact) mass is 143 g/mol. The lowest BCUT2D eigenvalue weighted by Crippen LogP contribution is -2.29. The first-order valence-electron chi connectivity index (χ1n) is 2.28. The fraction of sp³-hybridized carbons (Fsp3) is 0. The summed E-state index contributed by atoms with van der Waals surface area (Å²) in [5, 5.41) is 2.58. The molecule has 0 aliphatic heterocycles. The van der Waals surface area contributed by atoms with Gasteiger partial charge in [-0.1, -0.05) is 0 Å². The predicted molar refractivity (Wildman–Crippen MR) is 37.2 cm³/mol. The lowest BCUT2D eigenvalue weighted by molar-refractivity contribution is 0.907. The Bertz CT molecular complexity index is 273. The quantitative estimate of drug-likeness (QED) is 0.470. The first kappa shape index (κ1) is 6.03. The van der Waals surface area contributed by atoms with Crippen molar-refractivity contribution in [3.8, 4) is 0 Å². The molecule has 1 aromatic heterocycles. The van der Waals surface area contributed by atoms with Gasteiger partial charge >= 0.3 is 0 Å². The van der Waals surface area contributed by atoms with Crippen molar-refractivity contribution in [3.63, 3.8) is 0 Å². The summed E-state index contributed by atoms with van der Waals surface area (Å²) < 4.78 is 1.08. The van der Waals surface area contributed by atoms with Crippen molar-refractivity contribution in [2.45, 2.75) is 0 Å². The number of hydrogen-bond acceptors (Lipinski definition) is 2. The molecular weight excluding hydrogens is 138 g/mol. The van der Waals surface area contributed by atoms with E-state index in [-0.39, 0.29) is 10.7 Å². The highest BCUT2D eigenvalue weighted by molar-refractivity contribution is 7.80. The summed E-state index contributed by atoms with van der Waals surface area (Å²) in [5.41, 5.74) is 4.89. The molecule has 0 saturated carbocycles. The zero-order valence-electron chi connectivity index (χ0n) is 4.50. The Morgan fingerprint density at radius 1 is 1.89 bits per heavy atom. The molecule has 48 valence electrons. The van der Waals surface area contributed by atoms with Gasteiger partial charge in [-0.15, -0.1) is 0 Å². The number of H-pyrrole nitrogens is 1. The Kier molecular flexibility index (Phi) is 1.35. The van der Waals surface area contributed by atoms with Crippen molar-refractivity contribution in [2.75, 3.05) is 0 Å². The number of nitrogens with two attached hydrogens (primary N) is 1. The summed E-state index contributed by atoms with van der Waals surface area (Å²) in [7, 11) is 0. The maximum atomic E-state index is 10.6. The SMILES string of the molecule is NC(=S)n1[nH]ccc1=O. The minimum atomic E-state index is -0.234. The Hall–Kier alpha value is -1.10. The van der Waals surface area contributed by atoms with Gasteiger partial charge in [0.2, 0.25) is 0 Å². The van der Waals surface area contributed by atoms with Gasteiger partial charge in [0.15, 0.2) is 5.11 Å². The topological polar surface area (TPSA) is 63.8 Å². The van der Waals surface area contributed by atoms with Gasteiger partial charge in [0.1, 0.15) is 0 Å². The number of thiocarbonyl (C=S) groups is 1. The average molecular weight is 143 g/mol. The van der Waals surface area contributed by atoms with Crippen LogP contribution in [0.3, 0.4) is 0 Å². The first-order valence-corrected chi connectivity index (χ1v) is 2.69. The van der Waals surface area contributed by atoms with Gasteiger partial charge < -0.3 is 5.73 Å². The molecule has 1 rings (SSSR count). The third-order valence-electron chi connectivity index (χ3n) is 0.870. The maximum Gasteiger partial charge on any atom is 0.273 e. The molecule has 0 unspecified atom stereocenters. The van der Waals surface area contributed by atoms with Crippen LogP contribution in [0.25, 0.3) is 0 Å². The molecule has 4 nitrogen and oxygen atoms in total. The molecule has 1 aromatic rings. The summed E-state index contributed by atoms with van der Waals surface area (Å²) in [5.74, 6) is 0. The molecule has 0 amide bonds. The van der Waals surface area contributed by atoms with E-state index in [9.17, 15) is 4.79 Å². The molecule has 0 fully saturated rings. The fourth-order valence-corrected chi connectivity index (χ4v) is 0.636. The van der Waals surface area contributed by atoms with Crippen molar-refractivity contribution in [2.24, 2.45) is 5.73 Å². The molecule has 0 saturated heterocycles. The molecular formula is C4H5N3OS. The lowest BCUT2D eigenvalue weighted by Gasteiger charge is -1.92. The Labute approximate surface area is 56.3 Å². The van der Waals surface area contributed by atoms with Crippen LogP contribution in [0.1, 0.15) is 0 Å². The van der Waals surface area contributed by atoms with Crippen LogP contribution in [0.4, 0.5) is 0 Å². The standard InChI is InChI=1S/C4H5N3OS/c5-4(9)7-3(8)1-2-6-7/h1-2,6H,(H2,5,9). The number of rotatable bonds is 0. The molecule has 0 aromatic carbocycles. The molecule has 3 N–H and O–H groups in total. The highest BCUT2D eigenvalue weighted by atomic mass is 32.1. The van der Waals surface area contributed by atoms with Crippen LogP contribution in [-0.2, 0) is 0 Å². The van der Waals surface area contributed by atoms with E-state index >= 15 is 0 Å². The van der Waals surface area contributed by atoms with Gasteiger partial charge in [-0.05, 0) is 12.2 Å². The number of hydrogen-bond donors (Lipinski definition) is 2. The van der Waals surface area contributed by atoms with Gasteiger partial charge in [0.25, 0.3) is 5.56 Å². The Morgan fingerprint density at radius 3 is 2.78 bits per heavy atom. The third-order valence-corrected chi connectivity index (χ3v) is 1.05. The zero-order valence-corrected chi connectivity index (χ0v) is 5.31. The second kappa shape index (κ2) is 2.02. The Balaban J connectivity index is 3.24. The van der Waals surface area contributed by atoms with E-state index in [0.717, 1.165) is 4.68 Å². The first-order chi connectivity index (χ1) is 4.22. The zero-order chi connectivity index (χ0) is 6.85. The molecule has 5 heteroatoms. The molecule has 0 atom stereocenters. The van der Waals surface area contributed by atoms with Gasteiger partial charge in [-0.3, -0.25) is 9.89 Å². The van der Waals surface area contributed by atoms with E-state index in [0.29, 0.717) is 0 Å². The Morgan fingerprint density at radius 2 is 2.56 bits per heavy atom. The molecule has 0 aliphatic rings. The van der Waals surface area contributed by atoms with Crippen LogP contribution in [0.2, 0.25) is 0 Å². The number of nitrogens with zero attached hydrogens (tertiary/aromatic N) is 1. The molecule has 0 radical (unpaired) electrons. The van der Waals surface area contributed by atoms with Gasteiger partial charge in [0, 0.05) is 12.3 Å². The van der Waals surface area contributed by atoms with E-state index in [2.05, 4.69) is 17.3 Å². The van der Waals surface area contributed by atoms with Crippen molar-refractivity contribution in [1.82, 2.24) is 9.78 Å². The van der Waals surface area contributed by atoms with E-state index < -0.39 is 0 Å². The van der Waals surface area contributed by atoms with Crippen LogP contribution in [0.5, 0.6) is 0 Å². The van der Waals surface area contributed by atoms with E-state index in [1.807, 2.05) is 0 Å². The summed E-state index contributed by atoms with van der Waals surface area (Å²) >= 11 is 4.51. The summed E-state index contributed by atoms with van der Waals surface area (Å²) in [4.78, 5) is 10.6. The van der Waals surface area contributed by atoms with Crippen LogP contribution < -0.4 is 11.3 Å². The second-order valence-corrected chi connectivity index (χ2v) is 1.89. The molecule has 0 aliphatic carbocycles. The molecule has 9 heavy (non-hydrogen) atoms. The third kappa shape index (κ3) is 0.996. The highest BCUT2D eigenvalue weighted by Gasteiger charge is 1.94. The van der Waals surface area contributed by atoms with E-state index in [1.165, 1.54) is 12.3 Å². The van der Waals surface area contributed by atoms with Crippen LogP contribution in [0.15, 0.2) is 17.1 Å². The van der Waals surface area contributed by atoms with Gasteiger partial charge in [-0.25, -0.2) is 0 Å². The summed E-state index contributed by atoms with van der Waals surface area (Å²) in [6, 6.07) is 1.35. The van der Waals surface area contributed by atoms with E-state index in [1.54, 1.807) is 0 Å². The highest BCUT2D eigenvalue weighted by Crippen LogP contribution is 1.70. The predicted octanol–water partition coefficient (Wildman–Crippen LogP) is -0.732. The minimum Gasteiger partial charge on any atom is -0.374 e. The van der Waals surface area contributed by atoms with Crippen LogP contribution >= 0.6 is 12.2 Å². The maximum absolute atomic E-state index is 10.6.